The summed E-state index contributed by atoms with van der Waals surface area (Å²) in [5.41, 5.74) is 0. The lowest BCUT2D eigenvalue weighted by Gasteiger charge is -2.11. The quantitative estimate of drug-likeness (QED) is 0.546. The van der Waals surface area contributed by atoms with Gasteiger partial charge in [-0.1, -0.05) is 64.1 Å². The Labute approximate surface area is 110 Å². The third kappa shape index (κ3) is 9.40. The molecular weight excluding hydrogens is 232 g/mol. The van der Waals surface area contributed by atoms with Crippen molar-refractivity contribution < 1.29 is 9.59 Å². The molecule has 0 rings (SSSR count). The Kier molecular flexibility index (Phi) is 10.6. The van der Waals surface area contributed by atoms with Crippen LogP contribution in [0.25, 0.3) is 0 Å². The Hall–Kier alpha value is -0.310. The number of carbonyl (C=O) groups is 2. The number of rotatable bonds is 10. The summed E-state index contributed by atoms with van der Waals surface area (Å²) >= 11 is 1.23. The van der Waals surface area contributed by atoms with Gasteiger partial charge in [-0.2, -0.15) is 0 Å². The van der Waals surface area contributed by atoms with E-state index in [0.717, 1.165) is 12.8 Å². The highest BCUT2D eigenvalue weighted by Gasteiger charge is 2.17. The van der Waals surface area contributed by atoms with Crippen molar-refractivity contribution in [2.75, 3.05) is 0 Å². The van der Waals surface area contributed by atoms with Crippen LogP contribution >= 0.6 is 11.8 Å². The molecule has 0 spiro atoms. The van der Waals surface area contributed by atoms with E-state index in [4.69, 9.17) is 0 Å². The second-order valence-corrected chi connectivity index (χ2v) is 5.76. The molecule has 0 aliphatic rings. The van der Waals surface area contributed by atoms with Crippen molar-refractivity contribution in [3.63, 3.8) is 0 Å². The summed E-state index contributed by atoms with van der Waals surface area (Å²) in [6, 6.07) is 0. The van der Waals surface area contributed by atoms with Crippen molar-refractivity contribution in [2.24, 2.45) is 0 Å². The summed E-state index contributed by atoms with van der Waals surface area (Å²) in [5, 5.41) is 0.0322. The van der Waals surface area contributed by atoms with Gasteiger partial charge in [0.1, 0.15) is 5.78 Å². The van der Waals surface area contributed by atoms with Crippen LogP contribution in [0.3, 0.4) is 0 Å². The van der Waals surface area contributed by atoms with E-state index in [2.05, 4.69) is 6.92 Å². The normalized spacial score (nSPS) is 12.4. The maximum absolute atomic E-state index is 11.4. The number of unbranched alkanes of at least 4 members (excludes halogenated alkanes) is 5. The summed E-state index contributed by atoms with van der Waals surface area (Å²) in [5.74, 6) is 0.144. The molecule has 0 saturated heterocycles. The van der Waals surface area contributed by atoms with E-state index in [-0.39, 0.29) is 16.1 Å². The minimum Gasteiger partial charge on any atom is -0.299 e. The van der Waals surface area contributed by atoms with Gasteiger partial charge in [-0.25, -0.2) is 0 Å². The zero-order valence-corrected chi connectivity index (χ0v) is 12.3. The zero-order valence-electron chi connectivity index (χ0n) is 11.5. The standard InChI is InChI=1S/C14H26O2S/c1-4-6-7-8-9-10-11-13(12(3)15)17-14(16)5-2/h13H,4-11H2,1-3H3. The van der Waals surface area contributed by atoms with Crippen LogP contribution in [0, 0.1) is 0 Å². The van der Waals surface area contributed by atoms with Crippen LogP contribution in [-0.2, 0) is 9.59 Å². The minimum atomic E-state index is -0.103. The molecule has 0 amide bonds. The van der Waals surface area contributed by atoms with Crippen LogP contribution in [0.15, 0.2) is 0 Å². The van der Waals surface area contributed by atoms with Crippen molar-refractivity contribution in [3.05, 3.63) is 0 Å². The Morgan fingerprint density at radius 3 is 2.12 bits per heavy atom. The van der Waals surface area contributed by atoms with E-state index in [1.54, 1.807) is 6.92 Å². The van der Waals surface area contributed by atoms with Crippen LogP contribution in [0.1, 0.15) is 72.1 Å². The number of hydrogen-bond acceptors (Lipinski definition) is 3. The lowest BCUT2D eigenvalue weighted by Crippen LogP contribution is -2.15. The smallest absolute Gasteiger partial charge is 0.189 e. The summed E-state index contributed by atoms with van der Waals surface area (Å²) < 4.78 is 0. The molecule has 100 valence electrons. The van der Waals surface area contributed by atoms with Gasteiger partial charge >= 0.3 is 0 Å². The van der Waals surface area contributed by atoms with Crippen molar-refractivity contribution in [1.82, 2.24) is 0 Å². The van der Waals surface area contributed by atoms with Crippen molar-refractivity contribution in [2.45, 2.75) is 77.4 Å². The van der Waals surface area contributed by atoms with Crippen LogP contribution in [0.2, 0.25) is 0 Å². The first-order valence-corrected chi connectivity index (χ1v) is 7.69. The maximum atomic E-state index is 11.4. The zero-order chi connectivity index (χ0) is 13.1. The van der Waals surface area contributed by atoms with Crippen LogP contribution in [0.5, 0.6) is 0 Å². The fourth-order valence-corrected chi connectivity index (χ4v) is 2.63. The average molecular weight is 258 g/mol. The van der Waals surface area contributed by atoms with Gasteiger partial charge in [-0.05, 0) is 13.3 Å². The van der Waals surface area contributed by atoms with Gasteiger partial charge in [-0.3, -0.25) is 9.59 Å². The fraction of sp³-hybridized carbons (Fsp3) is 0.857. The molecule has 0 radical (unpaired) electrons. The van der Waals surface area contributed by atoms with Gasteiger partial charge in [0, 0.05) is 6.42 Å². The lowest BCUT2D eigenvalue weighted by molar-refractivity contribution is -0.117. The van der Waals surface area contributed by atoms with E-state index in [0.29, 0.717) is 6.42 Å². The molecule has 0 aromatic carbocycles. The summed E-state index contributed by atoms with van der Waals surface area (Å²) in [6.45, 7) is 5.65. The Morgan fingerprint density at radius 2 is 1.59 bits per heavy atom. The second kappa shape index (κ2) is 10.8. The van der Waals surface area contributed by atoms with Gasteiger partial charge in [0.05, 0.1) is 5.25 Å². The minimum absolute atomic E-state index is 0.103. The van der Waals surface area contributed by atoms with Gasteiger partial charge in [0.2, 0.25) is 0 Å². The molecule has 0 aliphatic heterocycles. The largest absolute Gasteiger partial charge is 0.299 e. The molecule has 0 N–H and O–H groups in total. The first-order valence-electron chi connectivity index (χ1n) is 6.81. The van der Waals surface area contributed by atoms with Gasteiger partial charge in [-0.15, -0.1) is 0 Å². The molecule has 0 saturated carbocycles. The van der Waals surface area contributed by atoms with Gasteiger partial charge in [0.25, 0.3) is 0 Å². The van der Waals surface area contributed by atoms with E-state index in [9.17, 15) is 9.59 Å². The Morgan fingerprint density at radius 1 is 1.00 bits per heavy atom. The first-order chi connectivity index (χ1) is 8.11. The lowest BCUT2D eigenvalue weighted by atomic mass is 10.1. The predicted molar refractivity (Wildman–Crippen MR) is 75.4 cm³/mol. The third-order valence-corrected chi connectivity index (χ3v) is 4.24. The number of Topliss-reactive ketones (excluding diaryl/α,β-unsaturated/α-hetero) is 1. The van der Waals surface area contributed by atoms with Crippen LogP contribution in [0.4, 0.5) is 0 Å². The first kappa shape index (κ1) is 16.7. The molecule has 0 fully saturated rings. The van der Waals surface area contributed by atoms with E-state index >= 15 is 0 Å². The molecule has 3 heteroatoms. The number of carbonyl (C=O) groups excluding carboxylic acids is 2. The molecule has 1 unspecified atom stereocenters. The van der Waals surface area contributed by atoms with Crippen LogP contribution in [-0.4, -0.2) is 16.1 Å². The average Bonchev–Trinajstić information content (AvgIpc) is 2.31. The molecule has 0 heterocycles. The second-order valence-electron chi connectivity index (χ2n) is 4.50. The van der Waals surface area contributed by atoms with Gasteiger partial charge in [0.15, 0.2) is 5.12 Å². The van der Waals surface area contributed by atoms with E-state index in [1.807, 2.05) is 6.92 Å². The Bertz CT molecular complexity index is 226. The highest BCUT2D eigenvalue weighted by molar-refractivity contribution is 8.14. The van der Waals surface area contributed by atoms with Gasteiger partial charge < -0.3 is 0 Å². The SMILES string of the molecule is CCCCCCCCC(SC(=O)CC)C(C)=O. The molecule has 2 nitrogen and oxygen atoms in total. The summed E-state index contributed by atoms with van der Waals surface area (Å²) in [7, 11) is 0. The molecule has 0 aromatic heterocycles. The molecule has 0 aliphatic carbocycles. The topological polar surface area (TPSA) is 34.1 Å². The van der Waals surface area contributed by atoms with Crippen molar-refractivity contribution in [3.8, 4) is 0 Å². The molecule has 17 heavy (non-hydrogen) atoms. The Balaban J connectivity index is 3.71. The number of hydrogen-bond donors (Lipinski definition) is 0. The number of ketones is 1. The highest BCUT2D eigenvalue weighted by atomic mass is 32.2. The predicted octanol–water partition coefficient (Wildman–Crippen LogP) is 4.36. The van der Waals surface area contributed by atoms with Crippen molar-refractivity contribution in [1.29, 1.82) is 0 Å². The van der Waals surface area contributed by atoms with E-state index < -0.39 is 0 Å². The number of thioether (sulfide) groups is 1. The van der Waals surface area contributed by atoms with Crippen molar-refractivity contribution >= 4 is 22.7 Å². The monoisotopic (exact) mass is 258 g/mol. The molecule has 1 atom stereocenters. The maximum Gasteiger partial charge on any atom is 0.189 e. The molecular formula is C14H26O2S. The highest BCUT2D eigenvalue weighted by Crippen LogP contribution is 2.21. The summed E-state index contributed by atoms with van der Waals surface area (Å²) in [4.78, 5) is 22.7. The summed E-state index contributed by atoms with van der Waals surface area (Å²) in [6.07, 6.45) is 8.74. The molecule has 0 aromatic rings. The fourth-order valence-electron chi connectivity index (χ4n) is 1.70. The third-order valence-electron chi connectivity index (χ3n) is 2.84. The van der Waals surface area contributed by atoms with Crippen LogP contribution < -0.4 is 0 Å². The van der Waals surface area contributed by atoms with E-state index in [1.165, 1.54) is 43.9 Å². The molecule has 0 bridgehead atoms.